The highest BCUT2D eigenvalue weighted by molar-refractivity contribution is 5.39. The third-order valence-corrected chi connectivity index (χ3v) is 3.20. The molecule has 2 aromatic carbocycles. The molecule has 0 spiro atoms. The molecule has 0 amide bonds. The van der Waals surface area contributed by atoms with Gasteiger partial charge in [0.25, 0.3) is 0 Å². The molecule has 0 aliphatic carbocycles. The minimum Gasteiger partial charge on any atom is -0.399 e. The summed E-state index contributed by atoms with van der Waals surface area (Å²) in [6, 6.07) is 16.9. The molecule has 0 radical (unpaired) electrons. The summed E-state index contributed by atoms with van der Waals surface area (Å²) in [6.45, 7) is 3.98. The Bertz CT molecular complexity index is 486. The van der Waals surface area contributed by atoms with Gasteiger partial charge >= 0.3 is 0 Å². The largest absolute Gasteiger partial charge is 0.399 e. The van der Waals surface area contributed by atoms with Crippen LogP contribution >= 0.6 is 0 Å². The SMILES string of the molecule is CCCc1ccc(CNCc2ccc(N)cc2)cc1. The summed E-state index contributed by atoms with van der Waals surface area (Å²) in [5.74, 6) is 0. The molecule has 0 unspecified atom stereocenters. The van der Waals surface area contributed by atoms with E-state index in [1.54, 1.807) is 0 Å². The fourth-order valence-corrected chi connectivity index (χ4v) is 2.10. The Morgan fingerprint density at radius 2 is 1.26 bits per heavy atom. The number of hydrogen-bond donors (Lipinski definition) is 2. The molecule has 2 rings (SSSR count). The van der Waals surface area contributed by atoms with Crippen molar-refractivity contribution in [3.63, 3.8) is 0 Å². The second-order valence-electron chi connectivity index (χ2n) is 4.91. The number of rotatable bonds is 6. The second-order valence-corrected chi connectivity index (χ2v) is 4.91. The van der Waals surface area contributed by atoms with Gasteiger partial charge in [0.05, 0.1) is 0 Å². The zero-order valence-electron chi connectivity index (χ0n) is 11.5. The van der Waals surface area contributed by atoms with E-state index in [0.717, 1.165) is 18.8 Å². The molecule has 2 nitrogen and oxygen atoms in total. The first kappa shape index (κ1) is 13.6. The van der Waals surface area contributed by atoms with Crippen LogP contribution in [0.1, 0.15) is 30.0 Å². The molecule has 0 aromatic heterocycles. The maximum Gasteiger partial charge on any atom is 0.0314 e. The Morgan fingerprint density at radius 1 is 0.789 bits per heavy atom. The van der Waals surface area contributed by atoms with E-state index < -0.39 is 0 Å². The lowest BCUT2D eigenvalue weighted by Crippen LogP contribution is -2.12. The van der Waals surface area contributed by atoms with E-state index in [2.05, 4.69) is 48.6 Å². The van der Waals surface area contributed by atoms with E-state index in [1.165, 1.54) is 29.5 Å². The van der Waals surface area contributed by atoms with Gasteiger partial charge in [0.1, 0.15) is 0 Å². The number of nitrogens with two attached hydrogens (primary N) is 1. The molecule has 2 aromatic rings. The van der Waals surface area contributed by atoms with Crippen LogP contribution in [-0.2, 0) is 19.5 Å². The molecular formula is C17H22N2. The fourth-order valence-electron chi connectivity index (χ4n) is 2.10. The average Bonchev–Trinajstić information content (AvgIpc) is 2.43. The molecule has 0 aliphatic rings. The van der Waals surface area contributed by atoms with Gasteiger partial charge in [-0.2, -0.15) is 0 Å². The van der Waals surface area contributed by atoms with Crippen molar-refractivity contribution in [1.29, 1.82) is 0 Å². The molecule has 0 aliphatic heterocycles. The highest BCUT2D eigenvalue weighted by Crippen LogP contribution is 2.08. The lowest BCUT2D eigenvalue weighted by Gasteiger charge is -2.06. The Morgan fingerprint density at radius 3 is 1.79 bits per heavy atom. The van der Waals surface area contributed by atoms with Crippen molar-refractivity contribution >= 4 is 5.69 Å². The third kappa shape index (κ3) is 4.42. The Labute approximate surface area is 115 Å². The summed E-state index contributed by atoms with van der Waals surface area (Å²) in [7, 11) is 0. The van der Waals surface area contributed by atoms with Crippen LogP contribution in [0.15, 0.2) is 48.5 Å². The molecule has 0 saturated heterocycles. The van der Waals surface area contributed by atoms with Crippen LogP contribution in [0.25, 0.3) is 0 Å². The van der Waals surface area contributed by atoms with Gasteiger partial charge in [-0.3, -0.25) is 0 Å². The fraction of sp³-hybridized carbons (Fsp3) is 0.294. The van der Waals surface area contributed by atoms with Crippen LogP contribution < -0.4 is 11.1 Å². The van der Waals surface area contributed by atoms with E-state index in [1.807, 2.05) is 12.1 Å². The lowest BCUT2D eigenvalue weighted by atomic mass is 10.1. The molecule has 3 N–H and O–H groups in total. The van der Waals surface area contributed by atoms with E-state index in [9.17, 15) is 0 Å². The third-order valence-electron chi connectivity index (χ3n) is 3.20. The summed E-state index contributed by atoms with van der Waals surface area (Å²) in [5, 5.41) is 3.45. The summed E-state index contributed by atoms with van der Waals surface area (Å²) in [4.78, 5) is 0. The molecule has 2 heteroatoms. The van der Waals surface area contributed by atoms with E-state index >= 15 is 0 Å². The smallest absolute Gasteiger partial charge is 0.0314 e. The van der Waals surface area contributed by atoms with Crippen LogP contribution in [0.2, 0.25) is 0 Å². The average molecular weight is 254 g/mol. The summed E-state index contributed by atoms with van der Waals surface area (Å²) in [6.07, 6.45) is 2.37. The van der Waals surface area contributed by atoms with Crippen molar-refractivity contribution in [2.75, 3.05) is 5.73 Å². The molecule has 0 bridgehead atoms. The standard InChI is InChI=1S/C17H22N2/c1-2-3-14-4-6-15(7-5-14)12-19-13-16-8-10-17(18)11-9-16/h4-11,19H,2-3,12-13,18H2,1H3. The number of anilines is 1. The molecule has 0 saturated carbocycles. The first-order valence-corrected chi connectivity index (χ1v) is 6.91. The first-order chi connectivity index (χ1) is 9.28. The number of nitrogens with one attached hydrogen (secondary N) is 1. The quantitative estimate of drug-likeness (QED) is 0.774. The molecular weight excluding hydrogens is 232 g/mol. The van der Waals surface area contributed by atoms with Crippen molar-refractivity contribution in [2.45, 2.75) is 32.9 Å². The highest BCUT2D eigenvalue weighted by Gasteiger charge is 1.96. The van der Waals surface area contributed by atoms with Gasteiger partial charge in [-0.1, -0.05) is 49.7 Å². The van der Waals surface area contributed by atoms with Crippen molar-refractivity contribution in [1.82, 2.24) is 5.32 Å². The maximum absolute atomic E-state index is 5.66. The zero-order valence-corrected chi connectivity index (χ0v) is 11.5. The predicted molar refractivity (Wildman–Crippen MR) is 81.8 cm³/mol. The van der Waals surface area contributed by atoms with Gasteiger partial charge in [-0.25, -0.2) is 0 Å². The van der Waals surface area contributed by atoms with Crippen molar-refractivity contribution in [3.8, 4) is 0 Å². The van der Waals surface area contributed by atoms with E-state index in [-0.39, 0.29) is 0 Å². The lowest BCUT2D eigenvalue weighted by molar-refractivity contribution is 0.693. The first-order valence-electron chi connectivity index (χ1n) is 6.91. The minimum atomic E-state index is 0.815. The summed E-state index contributed by atoms with van der Waals surface area (Å²) in [5.41, 5.74) is 10.5. The van der Waals surface area contributed by atoms with Crippen LogP contribution in [0.3, 0.4) is 0 Å². The van der Waals surface area contributed by atoms with Gasteiger partial charge in [0.15, 0.2) is 0 Å². The molecule has 100 valence electrons. The van der Waals surface area contributed by atoms with Gasteiger partial charge in [-0.05, 0) is 35.2 Å². The highest BCUT2D eigenvalue weighted by atomic mass is 14.8. The Hall–Kier alpha value is -1.80. The van der Waals surface area contributed by atoms with Crippen LogP contribution in [0.5, 0.6) is 0 Å². The van der Waals surface area contributed by atoms with Gasteiger partial charge in [0.2, 0.25) is 0 Å². The van der Waals surface area contributed by atoms with Gasteiger partial charge in [-0.15, -0.1) is 0 Å². The number of hydrogen-bond acceptors (Lipinski definition) is 2. The van der Waals surface area contributed by atoms with Crippen molar-refractivity contribution in [2.24, 2.45) is 0 Å². The van der Waals surface area contributed by atoms with Crippen molar-refractivity contribution < 1.29 is 0 Å². The Kier molecular flexibility index (Phi) is 4.99. The topological polar surface area (TPSA) is 38.0 Å². The molecule has 19 heavy (non-hydrogen) atoms. The van der Waals surface area contributed by atoms with Crippen LogP contribution in [0.4, 0.5) is 5.69 Å². The second kappa shape index (κ2) is 6.95. The van der Waals surface area contributed by atoms with E-state index in [4.69, 9.17) is 5.73 Å². The Balaban J connectivity index is 1.80. The van der Waals surface area contributed by atoms with Gasteiger partial charge < -0.3 is 11.1 Å². The predicted octanol–water partition coefficient (Wildman–Crippen LogP) is 3.51. The maximum atomic E-state index is 5.66. The number of aryl methyl sites for hydroxylation is 1. The van der Waals surface area contributed by atoms with E-state index in [0.29, 0.717) is 0 Å². The molecule has 0 fully saturated rings. The monoisotopic (exact) mass is 254 g/mol. The summed E-state index contributed by atoms with van der Waals surface area (Å²) >= 11 is 0. The van der Waals surface area contributed by atoms with Crippen molar-refractivity contribution in [3.05, 3.63) is 65.2 Å². The summed E-state index contributed by atoms with van der Waals surface area (Å²) < 4.78 is 0. The van der Waals surface area contributed by atoms with Crippen LogP contribution in [0, 0.1) is 0 Å². The zero-order chi connectivity index (χ0) is 13.5. The minimum absolute atomic E-state index is 0.815. The molecule has 0 heterocycles. The number of benzene rings is 2. The van der Waals surface area contributed by atoms with Crippen LogP contribution in [-0.4, -0.2) is 0 Å². The molecule has 0 atom stereocenters. The van der Waals surface area contributed by atoms with Gasteiger partial charge in [0, 0.05) is 18.8 Å². The number of nitrogen functional groups attached to an aromatic ring is 1. The normalized spacial score (nSPS) is 10.6.